The van der Waals surface area contributed by atoms with Crippen LogP contribution in [0.2, 0.25) is 0 Å². The van der Waals surface area contributed by atoms with E-state index in [9.17, 15) is 9.59 Å². The van der Waals surface area contributed by atoms with E-state index in [1.807, 2.05) is 0 Å². The predicted molar refractivity (Wildman–Crippen MR) is 92.2 cm³/mol. The number of amides is 2. The van der Waals surface area contributed by atoms with Gasteiger partial charge in [0.2, 0.25) is 0 Å². The maximum Gasteiger partial charge on any atom is 0.274 e. The number of nitrogens with one attached hydrogen (secondary N) is 2. The van der Waals surface area contributed by atoms with Gasteiger partial charge in [-0.2, -0.15) is 0 Å². The van der Waals surface area contributed by atoms with Gasteiger partial charge in [-0.25, -0.2) is 4.98 Å². The average Bonchev–Trinajstić information content (AvgIpc) is 3.46. The molecule has 1 aliphatic rings. The molecular weight excluding hydrogens is 322 g/mol. The normalized spacial score (nSPS) is 13.0. The van der Waals surface area contributed by atoms with Gasteiger partial charge in [-0.3, -0.25) is 9.59 Å². The van der Waals surface area contributed by atoms with E-state index >= 15 is 0 Å². The molecule has 0 radical (unpaired) electrons. The maximum absolute atomic E-state index is 12.5. The Balaban J connectivity index is 1.76. The van der Waals surface area contributed by atoms with Crippen LogP contribution in [-0.4, -0.2) is 37.1 Å². The Morgan fingerprint density at radius 3 is 2.40 bits per heavy atom. The number of benzene rings is 1. The van der Waals surface area contributed by atoms with Gasteiger partial charge >= 0.3 is 0 Å². The third-order valence-electron chi connectivity index (χ3n) is 3.78. The number of aromatic nitrogens is 1. The molecular formula is C18H19N3O4. The first-order valence-electron chi connectivity index (χ1n) is 7.92. The van der Waals surface area contributed by atoms with Crippen LogP contribution in [0.25, 0.3) is 0 Å². The molecule has 7 nitrogen and oxygen atoms in total. The van der Waals surface area contributed by atoms with E-state index in [1.165, 1.54) is 7.11 Å². The average molecular weight is 341 g/mol. The molecule has 2 amide bonds. The summed E-state index contributed by atoms with van der Waals surface area (Å²) in [5.74, 6) is 0.394. The first-order valence-corrected chi connectivity index (χ1v) is 7.92. The van der Waals surface area contributed by atoms with E-state index in [1.54, 1.807) is 43.5 Å². The van der Waals surface area contributed by atoms with Crippen LogP contribution in [0.1, 0.15) is 33.8 Å². The van der Waals surface area contributed by atoms with Crippen molar-refractivity contribution in [1.29, 1.82) is 0 Å². The van der Waals surface area contributed by atoms with Crippen molar-refractivity contribution in [3.05, 3.63) is 47.8 Å². The van der Waals surface area contributed by atoms with E-state index in [0.29, 0.717) is 17.2 Å². The molecule has 7 heteroatoms. The molecule has 1 saturated carbocycles. The minimum Gasteiger partial charge on any atom is -0.497 e. The SMILES string of the molecule is COc1ccc(NC(=O)c2cccc(C(=O)NC3CC3)n2)c(OC)c1. The molecule has 0 spiro atoms. The molecule has 0 saturated heterocycles. The van der Waals surface area contributed by atoms with Crippen molar-refractivity contribution < 1.29 is 19.1 Å². The molecule has 3 rings (SSSR count). The fourth-order valence-corrected chi connectivity index (χ4v) is 2.26. The Morgan fingerprint density at radius 1 is 1.04 bits per heavy atom. The number of carbonyl (C=O) groups is 2. The highest BCUT2D eigenvalue weighted by molar-refractivity contribution is 6.04. The minimum absolute atomic E-state index is 0.154. The highest BCUT2D eigenvalue weighted by Gasteiger charge is 2.24. The second kappa shape index (κ2) is 7.21. The van der Waals surface area contributed by atoms with Gasteiger partial charge in [-0.05, 0) is 37.1 Å². The van der Waals surface area contributed by atoms with Crippen LogP contribution in [0, 0.1) is 0 Å². The van der Waals surface area contributed by atoms with E-state index in [0.717, 1.165) is 12.8 Å². The molecule has 2 N–H and O–H groups in total. The molecule has 1 fully saturated rings. The van der Waals surface area contributed by atoms with Crippen LogP contribution < -0.4 is 20.1 Å². The van der Waals surface area contributed by atoms with Crippen LogP contribution in [-0.2, 0) is 0 Å². The maximum atomic E-state index is 12.5. The summed E-state index contributed by atoms with van der Waals surface area (Å²) in [6, 6.07) is 10.1. The third kappa shape index (κ3) is 4.06. The lowest BCUT2D eigenvalue weighted by molar-refractivity contribution is 0.0946. The van der Waals surface area contributed by atoms with Crippen molar-refractivity contribution >= 4 is 17.5 Å². The van der Waals surface area contributed by atoms with E-state index in [2.05, 4.69) is 15.6 Å². The largest absolute Gasteiger partial charge is 0.497 e. The number of carbonyl (C=O) groups excluding carboxylic acids is 2. The minimum atomic E-state index is -0.426. The molecule has 1 aliphatic carbocycles. The number of ether oxygens (including phenoxy) is 2. The standard InChI is InChI=1S/C18H19N3O4/c1-24-12-8-9-13(16(10-12)25-2)21-18(23)15-5-3-4-14(20-15)17(22)19-11-6-7-11/h3-5,8-11H,6-7H2,1-2H3,(H,19,22)(H,21,23). The topological polar surface area (TPSA) is 89.5 Å². The Bertz CT molecular complexity index is 803. The quantitative estimate of drug-likeness (QED) is 0.841. The molecule has 0 bridgehead atoms. The van der Waals surface area contributed by atoms with Gasteiger partial charge in [-0.1, -0.05) is 6.07 Å². The molecule has 1 aromatic heterocycles. The monoisotopic (exact) mass is 341 g/mol. The second-order valence-electron chi connectivity index (χ2n) is 5.68. The predicted octanol–water partition coefficient (Wildman–Crippen LogP) is 2.24. The van der Waals surface area contributed by atoms with Gasteiger partial charge in [0, 0.05) is 12.1 Å². The van der Waals surface area contributed by atoms with E-state index in [4.69, 9.17) is 9.47 Å². The van der Waals surface area contributed by atoms with Crippen molar-refractivity contribution in [3.8, 4) is 11.5 Å². The van der Waals surface area contributed by atoms with Crippen molar-refractivity contribution in [2.24, 2.45) is 0 Å². The fraction of sp³-hybridized carbons (Fsp3) is 0.278. The van der Waals surface area contributed by atoms with Gasteiger partial charge in [0.1, 0.15) is 22.9 Å². The number of pyridine rings is 1. The van der Waals surface area contributed by atoms with Crippen molar-refractivity contribution in [1.82, 2.24) is 10.3 Å². The van der Waals surface area contributed by atoms with Crippen molar-refractivity contribution in [3.63, 3.8) is 0 Å². The Morgan fingerprint density at radius 2 is 1.76 bits per heavy atom. The molecule has 130 valence electrons. The van der Waals surface area contributed by atoms with Crippen LogP contribution in [0.3, 0.4) is 0 Å². The number of nitrogens with zero attached hydrogens (tertiary/aromatic N) is 1. The molecule has 0 unspecified atom stereocenters. The summed E-state index contributed by atoms with van der Waals surface area (Å²) < 4.78 is 10.4. The summed E-state index contributed by atoms with van der Waals surface area (Å²) in [6.45, 7) is 0. The summed E-state index contributed by atoms with van der Waals surface area (Å²) >= 11 is 0. The zero-order chi connectivity index (χ0) is 17.8. The summed E-state index contributed by atoms with van der Waals surface area (Å²) in [4.78, 5) is 28.7. The van der Waals surface area contributed by atoms with Crippen LogP contribution >= 0.6 is 0 Å². The van der Waals surface area contributed by atoms with Gasteiger partial charge in [0.15, 0.2) is 0 Å². The molecule has 25 heavy (non-hydrogen) atoms. The Hall–Kier alpha value is -3.09. The zero-order valence-electron chi connectivity index (χ0n) is 14.0. The van der Waals surface area contributed by atoms with E-state index in [-0.39, 0.29) is 23.3 Å². The lowest BCUT2D eigenvalue weighted by Gasteiger charge is -2.11. The van der Waals surface area contributed by atoms with Gasteiger partial charge in [0.25, 0.3) is 11.8 Å². The first-order chi connectivity index (χ1) is 12.1. The smallest absolute Gasteiger partial charge is 0.274 e. The van der Waals surface area contributed by atoms with Crippen LogP contribution in [0.4, 0.5) is 5.69 Å². The summed E-state index contributed by atoms with van der Waals surface area (Å²) in [6.07, 6.45) is 1.98. The third-order valence-corrected chi connectivity index (χ3v) is 3.78. The zero-order valence-corrected chi connectivity index (χ0v) is 14.0. The fourth-order valence-electron chi connectivity index (χ4n) is 2.26. The van der Waals surface area contributed by atoms with Crippen LogP contribution in [0.15, 0.2) is 36.4 Å². The van der Waals surface area contributed by atoms with Crippen LogP contribution in [0.5, 0.6) is 11.5 Å². The number of anilines is 1. The van der Waals surface area contributed by atoms with Gasteiger partial charge < -0.3 is 20.1 Å². The first kappa shape index (κ1) is 16.8. The lowest BCUT2D eigenvalue weighted by atomic mass is 10.2. The molecule has 1 heterocycles. The van der Waals surface area contributed by atoms with Crippen molar-refractivity contribution in [2.75, 3.05) is 19.5 Å². The molecule has 2 aromatic rings. The molecule has 0 aliphatic heterocycles. The number of hydrogen-bond donors (Lipinski definition) is 2. The number of methoxy groups -OCH3 is 2. The second-order valence-corrected chi connectivity index (χ2v) is 5.68. The summed E-state index contributed by atoms with van der Waals surface area (Å²) in [5.41, 5.74) is 0.866. The van der Waals surface area contributed by atoms with E-state index < -0.39 is 5.91 Å². The number of hydrogen-bond acceptors (Lipinski definition) is 5. The lowest BCUT2D eigenvalue weighted by Crippen LogP contribution is -2.27. The van der Waals surface area contributed by atoms with Gasteiger partial charge in [-0.15, -0.1) is 0 Å². The van der Waals surface area contributed by atoms with Crippen molar-refractivity contribution in [2.45, 2.75) is 18.9 Å². The molecule has 1 aromatic carbocycles. The summed E-state index contributed by atoms with van der Waals surface area (Å²) in [5, 5.41) is 5.58. The Kier molecular flexibility index (Phi) is 4.83. The van der Waals surface area contributed by atoms with Gasteiger partial charge in [0.05, 0.1) is 19.9 Å². The Labute approximate surface area is 145 Å². The molecule has 0 atom stereocenters. The number of rotatable bonds is 6. The highest BCUT2D eigenvalue weighted by atomic mass is 16.5. The summed E-state index contributed by atoms with van der Waals surface area (Å²) in [7, 11) is 3.06. The highest BCUT2D eigenvalue weighted by Crippen LogP contribution is 2.29.